The molecule has 4 nitrogen and oxygen atoms in total. The fourth-order valence-electron chi connectivity index (χ4n) is 4.13. The molecule has 2 aliphatic rings. The molecule has 2 aliphatic heterocycles. The maximum Gasteiger partial charge on any atom is 0.0951 e. The van der Waals surface area contributed by atoms with Crippen LogP contribution in [-0.4, -0.2) is 39.1 Å². The van der Waals surface area contributed by atoms with Crippen LogP contribution < -0.4 is 5.32 Å². The van der Waals surface area contributed by atoms with Gasteiger partial charge in [-0.1, -0.05) is 6.92 Å². The highest BCUT2D eigenvalue weighted by atomic mass is 15.2. The third kappa shape index (κ3) is 3.32. The summed E-state index contributed by atoms with van der Waals surface area (Å²) in [7, 11) is 0. The zero-order chi connectivity index (χ0) is 14.8. The van der Waals surface area contributed by atoms with Gasteiger partial charge < -0.3 is 9.88 Å². The quantitative estimate of drug-likeness (QED) is 0.874. The molecule has 1 aromatic rings. The molecule has 0 radical (unpaired) electrons. The van der Waals surface area contributed by atoms with Crippen LogP contribution in [0.2, 0.25) is 0 Å². The van der Waals surface area contributed by atoms with Crippen LogP contribution in [0, 0.1) is 0 Å². The highest BCUT2D eigenvalue weighted by molar-refractivity contribution is 5.02. The molecule has 0 saturated carbocycles. The van der Waals surface area contributed by atoms with E-state index in [0.717, 1.165) is 24.7 Å². The van der Waals surface area contributed by atoms with E-state index in [2.05, 4.69) is 46.7 Å². The average Bonchev–Trinajstić information content (AvgIpc) is 3.05. The van der Waals surface area contributed by atoms with Crippen LogP contribution in [0.5, 0.6) is 0 Å². The van der Waals surface area contributed by atoms with Gasteiger partial charge in [0.05, 0.1) is 12.0 Å². The van der Waals surface area contributed by atoms with Crippen LogP contribution in [0.4, 0.5) is 0 Å². The molecule has 2 bridgehead atoms. The first-order chi connectivity index (χ1) is 10.2. The fraction of sp³-hybridized carbons (Fsp3) is 0.824. The topological polar surface area (TPSA) is 33.1 Å². The van der Waals surface area contributed by atoms with Gasteiger partial charge in [0.15, 0.2) is 0 Å². The number of rotatable bonds is 6. The minimum atomic E-state index is 0.496. The molecule has 0 aromatic carbocycles. The Morgan fingerprint density at radius 1 is 1.33 bits per heavy atom. The van der Waals surface area contributed by atoms with Crippen LogP contribution in [0.3, 0.4) is 0 Å². The summed E-state index contributed by atoms with van der Waals surface area (Å²) in [5, 5.41) is 3.76. The highest BCUT2D eigenvalue weighted by Crippen LogP contribution is 2.30. The second kappa shape index (κ2) is 6.49. The van der Waals surface area contributed by atoms with E-state index in [1.54, 1.807) is 0 Å². The molecule has 2 atom stereocenters. The number of imidazole rings is 1. The summed E-state index contributed by atoms with van der Waals surface area (Å²) in [6.07, 6.45) is 10.7. The maximum atomic E-state index is 4.37. The van der Waals surface area contributed by atoms with Crippen molar-refractivity contribution in [3.05, 3.63) is 18.2 Å². The Bertz CT molecular complexity index is 441. The van der Waals surface area contributed by atoms with Crippen LogP contribution >= 0.6 is 0 Å². The van der Waals surface area contributed by atoms with Gasteiger partial charge in [-0.15, -0.1) is 0 Å². The Morgan fingerprint density at radius 3 is 2.67 bits per heavy atom. The fourth-order valence-corrected chi connectivity index (χ4v) is 4.13. The van der Waals surface area contributed by atoms with Gasteiger partial charge >= 0.3 is 0 Å². The highest BCUT2D eigenvalue weighted by Gasteiger charge is 2.35. The Morgan fingerprint density at radius 2 is 2.05 bits per heavy atom. The SMILES string of the molecule is CCCN(Cc1cncn1C(C)C)C1CC2CCC(C1)N2. The molecular weight excluding hydrogens is 260 g/mol. The van der Waals surface area contributed by atoms with Crippen molar-refractivity contribution >= 4 is 0 Å². The number of hydrogen-bond acceptors (Lipinski definition) is 3. The lowest BCUT2D eigenvalue weighted by atomic mass is 9.97. The molecule has 4 heteroatoms. The molecule has 2 unspecified atom stereocenters. The molecular formula is C17H30N4. The van der Waals surface area contributed by atoms with Crippen molar-refractivity contribution in [2.75, 3.05) is 6.54 Å². The maximum absolute atomic E-state index is 4.37. The molecule has 21 heavy (non-hydrogen) atoms. The average molecular weight is 290 g/mol. The van der Waals surface area contributed by atoms with Crippen molar-refractivity contribution in [2.24, 2.45) is 0 Å². The van der Waals surface area contributed by atoms with Crippen LogP contribution in [0.25, 0.3) is 0 Å². The van der Waals surface area contributed by atoms with E-state index in [-0.39, 0.29) is 0 Å². The minimum absolute atomic E-state index is 0.496. The number of piperidine rings is 1. The number of nitrogens with one attached hydrogen (secondary N) is 1. The van der Waals surface area contributed by atoms with Crippen molar-refractivity contribution in [2.45, 2.75) is 83.6 Å². The lowest BCUT2D eigenvalue weighted by molar-refractivity contribution is 0.130. The summed E-state index contributed by atoms with van der Waals surface area (Å²) in [5.74, 6) is 0. The minimum Gasteiger partial charge on any atom is -0.331 e. The molecule has 118 valence electrons. The Balaban J connectivity index is 1.70. The number of hydrogen-bond donors (Lipinski definition) is 1. The van der Waals surface area contributed by atoms with Crippen LogP contribution in [-0.2, 0) is 6.54 Å². The molecule has 2 fully saturated rings. The first kappa shape index (κ1) is 15.0. The first-order valence-electron chi connectivity index (χ1n) is 8.68. The normalized spacial score (nSPS) is 28.7. The van der Waals surface area contributed by atoms with E-state index < -0.39 is 0 Å². The lowest BCUT2D eigenvalue weighted by Gasteiger charge is -2.38. The van der Waals surface area contributed by atoms with Crippen molar-refractivity contribution in [1.29, 1.82) is 0 Å². The zero-order valence-electron chi connectivity index (χ0n) is 13.8. The van der Waals surface area contributed by atoms with Crippen LogP contribution in [0.15, 0.2) is 12.5 Å². The van der Waals surface area contributed by atoms with Gasteiger partial charge in [0.1, 0.15) is 0 Å². The Labute approximate surface area is 128 Å². The van der Waals surface area contributed by atoms with E-state index >= 15 is 0 Å². The van der Waals surface area contributed by atoms with E-state index in [0.29, 0.717) is 6.04 Å². The van der Waals surface area contributed by atoms with Gasteiger partial charge in [-0.25, -0.2) is 4.98 Å². The molecule has 0 amide bonds. The molecule has 1 aromatic heterocycles. The monoisotopic (exact) mass is 290 g/mol. The predicted molar refractivity (Wildman–Crippen MR) is 86.3 cm³/mol. The number of fused-ring (bicyclic) bond motifs is 2. The van der Waals surface area contributed by atoms with Crippen molar-refractivity contribution in [3.63, 3.8) is 0 Å². The summed E-state index contributed by atoms with van der Waals surface area (Å²) in [6, 6.07) is 2.78. The summed E-state index contributed by atoms with van der Waals surface area (Å²) >= 11 is 0. The third-order valence-electron chi connectivity index (χ3n) is 5.14. The molecule has 3 heterocycles. The predicted octanol–water partition coefficient (Wildman–Crippen LogP) is 2.96. The molecule has 0 spiro atoms. The zero-order valence-corrected chi connectivity index (χ0v) is 13.8. The van der Waals surface area contributed by atoms with Gasteiger partial charge in [0.2, 0.25) is 0 Å². The second-order valence-corrected chi connectivity index (χ2v) is 7.12. The van der Waals surface area contributed by atoms with Gasteiger partial charge in [0.25, 0.3) is 0 Å². The summed E-state index contributed by atoms with van der Waals surface area (Å²) < 4.78 is 2.32. The van der Waals surface area contributed by atoms with Crippen molar-refractivity contribution in [1.82, 2.24) is 19.8 Å². The van der Waals surface area contributed by atoms with Gasteiger partial charge in [-0.3, -0.25) is 4.90 Å². The van der Waals surface area contributed by atoms with Gasteiger partial charge in [-0.05, 0) is 52.5 Å². The van der Waals surface area contributed by atoms with Crippen molar-refractivity contribution in [3.8, 4) is 0 Å². The summed E-state index contributed by atoms with van der Waals surface area (Å²) in [5.41, 5.74) is 1.37. The van der Waals surface area contributed by atoms with Crippen LogP contribution in [0.1, 0.15) is 64.6 Å². The standard InChI is InChI=1S/C17H30N4/c1-4-7-20(11-17-10-18-12-21(17)13(2)3)16-8-14-5-6-15(9-16)19-14/h10,12-16,19H,4-9,11H2,1-3H3. The lowest BCUT2D eigenvalue weighted by Crippen LogP contribution is -2.48. The molecule has 0 aliphatic carbocycles. The summed E-state index contributed by atoms with van der Waals surface area (Å²) in [4.78, 5) is 7.08. The van der Waals surface area contributed by atoms with Gasteiger partial charge in [-0.2, -0.15) is 0 Å². The van der Waals surface area contributed by atoms with E-state index in [4.69, 9.17) is 0 Å². The Hall–Kier alpha value is -0.870. The molecule has 3 rings (SSSR count). The smallest absolute Gasteiger partial charge is 0.0951 e. The first-order valence-corrected chi connectivity index (χ1v) is 8.68. The molecule has 1 N–H and O–H groups in total. The number of aromatic nitrogens is 2. The molecule has 2 saturated heterocycles. The van der Waals surface area contributed by atoms with E-state index in [9.17, 15) is 0 Å². The van der Waals surface area contributed by atoms with Gasteiger partial charge in [0, 0.05) is 36.9 Å². The van der Waals surface area contributed by atoms with E-state index in [1.807, 2.05) is 6.33 Å². The summed E-state index contributed by atoms with van der Waals surface area (Å²) in [6.45, 7) is 9.02. The Kier molecular flexibility index (Phi) is 4.65. The van der Waals surface area contributed by atoms with Crippen molar-refractivity contribution < 1.29 is 0 Å². The second-order valence-electron chi connectivity index (χ2n) is 7.12. The third-order valence-corrected chi connectivity index (χ3v) is 5.14. The number of nitrogens with zero attached hydrogens (tertiary/aromatic N) is 3. The van der Waals surface area contributed by atoms with E-state index in [1.165, 1.54) is 44.3 Å². The largest absolute Gasteiger partial charge is 0.331 e.